The minimum absolute atomic E-state index is 0.0944. The van der Waals surface area contributed by atoms with E-state index in [0.29, 0.717) is 30.0 Å². The smallest absolute Gasteiger partial charge is 0.234 e. The first-order valence-electron chi connectivity index (χ1n) is 6.23. The van der Waals surface area contributed by atoms with Crippen LogP contribution in [0.5, 0.6) is 0 Å². The predicted octanol–water partition coefficient (Wildman–Crippen LogP) is 2.85. The molecule has 1 fully saturated rings. The van der Waals surface area contributed by atoms with Gasteiger partial charge in [0, 0.05) is 16.1 Å². The number of hydrogen-bond donors (Lipinski definition) is 1. The Kier molecular flexibility index (Phi) is 4.07. The van der Waals surface area contributed by atoms with Gasteiger partial charge in [0.1, 0.15) is 0 Å². The van der Waals surface area contributed by atoms with Crippen molar-refractivity contribution in [3.63, 3.8) is 0 Å². The van der Waals surface area contributed by atoms with Crippen LogP contribution in [0.25, 0.3) is 11.4 Å². The van der Waals surface area contributed by atoms with E-state index in [4.69, 9.17) is 20.9 Å². The summed E-state index contributed by atoms with van der Waals surface area (Å²) in [5.41, 5.74) is 0.858. The fourth-order valence-corrected chi connectivity index (χ4v) is 2.72. The number of nitrogens with one attached hydrogen (secondary N) is 1. The van der Waals surface area contributed by atoms with Crippen LogP contribution in [-0.2, 0) is 4.74 Å². The summed E-state index contributed by atoms with van der Waals surface area (Å²) in [6.07, 6.45) is 0. The number of halogens is 2. The first-order valence-corrected chi connectivity index (χ1v) is 7.40. The van der Waals surface area contributed by atoms with Crippen molar-refractivity contribution in [2.75, 3.05) is 20.3 Å². The number of aromatic nitrogens is 2. The number of ether oxygens (including phenoxy) is 1. The molecule has 2 unspecified atom stereocenters. The zero-order chi connectivity index (χ0) is 14.1. The molecular formula is C13H13BrClN3O2. The number of benzene rings is 1. The molecule has 2 aromatic rings. The first kappa shape index (κ1) is 14.0. The molecule has 0 radical (unpaired) electrons. The summed E-state index contributed by atoms with van der Waals surface area (Å²) in [4.78, 5) is 4.47. The van der Waals surface area contributed by atoms with E-state index < -0.39 is 0 Å². The maximum atomic E-state index is 5.98. The Morgan fingerprint density at radius 1 is 1.40 bits per heavy atom. The molecule has 0 aliphatic carbocycles. The molecule has 1 aliphatic rings. The lowest BCUT2D eigenvalue weighted by Gasteiger charge is -2.11. The topological polar surface area (TPSA) is 60.2 Å². The Hall–Kier alpha value is -0.950. The van der Waals surface area contributed by atoms with Gasteiger partial charge in [0.15, 0.2) is 0 Å². The van der Waals surface area contributed by atoms with Crippen molar-refractivity contribution in [1.29, 1.82) is 0 Å². The summed E-state index contributed by atoms with van der Waals surface area (Å²) >= 11 is 9.37. The largest absolute Gasteiger partial charge is 0.379 e. The molecule has 0 spiro atoms. The van der Waals surface area contributed by atoms with Crippen LogP contribution in [0.4, 0.5) is 0 Å². The van der Waals surface area contributed by atoms with E-state index in [1.165, 1.54) is 0 Å². The minimum atomic E-state index is 0.0944. The molecule has 2 heterocycles. The van der Waals surface area contributed by atoms with Crippen molar-refractivity contribution in [2.45, 2.75) is 12.0 Å². The van der Waals surface area contributed by atoms with Gasteiger partial charge in [-0.15, -0.1) is 0 Å². The average molecular weight is 359 g/mol. The van der Waals surface area contributed by atoms with Crippen molar-refractivity contribution in [3.05, 3.63) is 33.6 Å². The molecule has 3 rings (SSSR count). The normalized spacial score (nSPS) is 22.4. The van der Waals surface area contributed by atoms with E-state index in [9.17, 15) is 0 Å². The van der Waals surface area contributed by atoms with Gasteiger partial charge >= 0.3 is 0 Å². The van der Waals surface area contributed by atoms with Crippen LogP contribution in [0, 0.1) is 0 Å². The van der Waals surface area contributed by atoms with Crippen LogP contribution in [-0.4, -0.2) is 36.4 Å². The van der Waals surface area contributed by atoms with Crippen LogP contribution in [0.3, 0.4) is 0 Å². The number of hydrogen-bond acceptors (Lipinski definition) is 5. The molecule has 1 aromatic heterocycles. The van der Waals surface area contributed by atoms with Gasteiger partial charge in [-0.3, -0.25) is 0 Å². The zero-order valence-electron chi connectivity index (χ0n) is 10.8. The standard InChI is InChI=1S/C13H13BrClN3O2/c1-16-11-6-19-5-8(11)13-17-12(18-20-13)7-2-3-10(15)9(14)4-7/h2-4,8,11,16H,5-6H2,1H3. The van der Waals surface area contributed by atoms with E-state index >= 15 is 0 Å². The molecule has 1 N–H and O–H groups in total. The van der Waals surface area contributed by atoms with Crippen molar-refractivity contribution in [2.24, 2.45) is 0 Å². The molecule has 0 saturated carbocycles. The highest BCUT2D eigenvalue weighted by molar-refractivity contribution is 9.10. The summed E-state index contributed by atoms with van der Waals surface area (Å²) in [5.74, 6) is 1.25. The molecule has 7 heteroatoms. The highest BCUT2D eigenvalue weighted by Gasteiger charge is 2.33. The Bertz CT molecular complexity index is 619. The van der Waals surface area contributed by atoms with Gasteiger partial charge in [0.05, 0.1) is 24.2 Å². The molecule has 106 valence electrons. The van der Waals surface area contributed by atoms with Crippen molar-refractivity contribution >= 4 is 27.5 Å². The predicted molar refractivity (Wildman–Crippen MR) is 78.9 cm³/mol. The molecule has 0 amide bonds. The highest BCUT2D eigenvalue weighted by Crippen LogP contribution is 2.29. The minimum Gasteiger partial charge on any atom is -0.379 e. The highest BCUT2D eigenvalue weighted by atomic mass is 79.9. The fraction of sp³-hybridized carbons (Fsp3) is 0.385. The number of likely N-dealkylation sites (N-methyl/N-ethyl adjacent to an activating group) is 1. The second-order valence-corrected chi connectivity index (χ2v) is 5.89. The summed E-state index contributed by atoms with van der Waals surface area (Å²) in [5, 5.41) is 7.89. The molecule has 2 atom stereocenters. The quantitative estimate of drug-likeness (QED) is 0.914. The van der Waals surface area contributed by atoms with Crippen LogP contribution in [0.1, 0.15) is 11.8 Å². The van der Waals surface area contributed by atoms with Crippen molar-refractivity contribution < 1.29 is 9.26 Å². The zero-order valence-corrected chi connectivity index (χ0v) is 13.1. The Balaban J connectivity index is 1.88. The van der Waals surface area contributed by atoms with Crippen LogP contribution >= 0.6 is 27.5 Å². The fourth-order valence-electron chi connectivity index (χ4n) is 2.22. The van der Waals surface area contributed by atoms with Gasteiger partial charge < -0.3 is 14.6 Å². The molecule has 0 bridgehead atoms. The lowest BCUT2D eigenvalue weighted by molar-refractivity contribution is 0.185. The van der Waals surface area contributed by atoms with Gasteiger partial charge in [-0.2, -0.15) is 4.98 Å². The van der Waals surface area contributed by atoms with Gasteiger partial charge in [-0.05, 0) is 41.2 Å². The van der Waals surface area contributed by atoms with E-state index in [2.05, 4.69) is 31.4 Å². The second-order valence-electron chi connectivity index (χ2n) is 4.62. The first-order chi connectivity index (χ1) is 9.69. The Morgan fingerprint density at radius 3 is 3.00 bits per heavy atom. The molecule has 5 nitrogen and oxygen atoms in total. The number of nitrogens with zero attached hydrogens (tertiary/aromatic N) is 2. The lowest BCUT2D eigenvalue weighted by atomic mass is 10.0. The summed E-state index contributed by atoms with van der Waals surface area (Å²) < 4.78 is 11.6. The van der Waals surface area contributed by atoms with Gasteiger partial charge in [0.2, 0.25) is 11.7 Å². The molecule has 1 aliphatic heterocycles. The van der Waals surface area contributed by atoms with Crippen LogP contribution in [0.2, 0.25) is 5.02 Å². The maximum Gasteiger partial charge on any atom is 0.234 e. The van der Waals surface area contributed by atoms with E-state index in [1.807, 2.05) is 19.2 Å². The van der Waals surface area contributed by atoms with Crippen molar-refractivity contribution in [3.8, 4) is 11.4 Å². The number of rotatable bonds is 3. The van der Waals surface area contributed by atoms with E-state index in [-0.39, 0.29) is 12.0 Å². The second kappa shape index (κ2) is 5.81. The van der Waals surface area contributed by atoms with Gasteiger partial charge in [-0.25, -0.2) is 0 Å². The summed E-state index contributed by atoms with van der Waals surface area (Å²) in [6.45, 7) is 1.25. The summed E-state index contributed by atoms with van der Waals surface area (Å²) in [6, 6.07) is 5.74. The monoisotopic (exact) mass is 357 g/mol. The van der Waals surface area contributed by atoms with Gasteiger partial charge in [-0.1, -0.05) is 16.8 Å². The van der Waals surface area contributed by atoms with Gasteiger partial charge in [0.25, 0.3) is 0 Å². The maximum absolute atomic E-state index is 5.98. The Labute approximate surface area is 129 Å². The third-order valence-electron chi connectivity index (χ3n) is 3.39. The van der Waals surface area contributed by atoms with E-state index in [0.717, 1.165) is 10.0 Å². The molecule has 1 saturated heterocycles. The average Bonchev–Trinajstić information content (AvgIpc) is 3.09. The van der Waals surface area contributed by atoms with E-state index in [1.54, 1.807) is 6.07 Å². The Morgan fingerprint density at radius 2 is 2.25 bits per heavy atom. The summed E-state index contributed by atoms with van der Waals surface area (Å²) in [7, 11) is 1.90. The third kappa shape index (κ3) is 2.61. The SMILES string of the molecule is CNC1COCC1c1nc(-c2ccc(Cl)c(Br)c2)no1. The van der Waals surface area contributed by atoms with Crippen molar-refractivity contribution in [1.82, 2.24) is 15.5 Å². The third-order valence-corrected chi connectivity index (χ3v) is 4.60. The van der Waals surface area contributed by atoms with Crippen LogP contribution in [0.15, 0.2) is 27.2 Å². The lowest BCUT2D eigenvalue weighted by Crippen LogP contribution is -2.31. The molecular weight excluding hydrogens is 346 g/mol. The molecule has 20 heavy (non-hydrogen) atoms. The molecule has 1 aromatic carbocycles. The van der Waals surface area contributed by atoms with Crippen LogP contribution < -0.4 is 5.32 Å².